The number of hydrogen-bond donors (Lipinski definition) is 6. The molecule has 2 rings (SSSR count). The number of hydrogen-bond acceptors (Lipinski definition) is 7. The normalized spacial score (nSPS) is 14.7. The van der Waals surface area contributed by atoms with Gasteiger partial charge in [-0.25, -0.2) is 4.79 Å². The fourth-order valence-electron chi connectivity index (χ4n) is 4.00. The van der Waals surface area contributed by atoms with Gasteiger partial charge in [-0.1, -0.05) is 62.7 Å². The number of nitrogens with two attached hydrogens (primary N) is 1. The third kappa shape index (κ3) is 10.5. The van der Waals surface area contributed by atoms with Crippen molar-refractivity contribution in [1.82, 2.24) is 16.0 Å². The fraction of sp³-hybridized carbons (Fsp3) is 0.448. The molecule has 2 aromatic carbocycles. The van der Waals surface area contributed by atoms with Gasteiger partial charge in [-0.15, -0.1) is 0 Å². The molecule has 5 unspecified atom stereocenters. The van der Waals surface area contributed by atoms with E-state index in [-0.39, 0.29) is 24.5 Å². The van der Waals surface area contributed by atoms with Crippen LogP contribution in [0, 0.1) is 5.92 Å². The van der Waals surface area contributed by atoms with E-state index in [0.717, 1.165) is 5.56 Å². The van der Waals surface area contributed by atoms with Gasteiger partial charge in [0.25, 0.3) is 0 Å². The van der Waals surface area contributed by atoms with Gasteiger partial charge in [0.2, 0.25) is 17.7 Å². The Bertz CT molecular complexity index is 1120. The van der Waals surface area contributed by atoms with Gasteiger partial charge >= 0.3 is 5.97 Å². The number of phenolic OH excluding ortho intramolecular Hbond substituents is 1. The monoisotopic (exact) mass is 572 g/mol. The van der Waals surface area contributed by atoms with Crippen LogP contribution in [0.2, 0.25) is 0 Å². The second-order valence-corrected chi connectivity index (χ2v) is 10.8. The van der Waals surface area contributed by atoms with Crippen molar-refractivity contribution in [2.45, 2.75) is 63.7 Å². The maximum absolute atomic E-state index is 13.6. The van der Waals surface area contributed by atoms with E-state index in [1.54, 1.807) is 55.1 Å². The Morgan fingerprint density at radius 2 is 1.38 bits per heavy atom. The van der Waals surface area contributed by atoms with Crippen LogP contribution in [0.25, 0.3) is 0 Å². The highest BCUT2D eigenvalue weighted by Gasteiger charge is 2.32. The summed E-state index contributed by atoms with van der Waals surface area (Å²) in [7, 11) is 0. The number of aliphatic carboxylic acids is 1. The highest BCUT2D eigenvalue weighted by molar-refractivity contribution is 7.98. The molecule has 2 aromatic rings. The molecular formula is C29H40N4O6S. The van der Waals surface area contributed by atoms with Gasteiger partial charge in [-0.3, -0.25) is 14.4 Å². The Morgan fingerprint density at radius 3 is 1.90 bits per heavy atom. The Labute approximate surface area is 239 Å². The van der Waals surface area contributed by atoms with Gasteiger partial charge in [0.15, 0.2) is 0 Å². The van der Waals surface area contributed by atoms with Crippen LogP contribution >= 0.6 is 11.8 Å². The Hall–Kier alpha value is -3.57. The lowest BCUT2D eigenvalue weighted by Crippen LogP contribution is -2.58. The summed E-state index contributed by atoms with van der Waals surface area (Å²) >= 11 is 1.55. The van der Waals surface area contributed by atoms with E-state index in [0.29, 0.717) is 24.2 Å². The Balaban J connectivity index is 2.32. The first-order valence-electron chi connectivity index (χ1n) is 13.3. The average molecular weight is 573 g/mol. The third-order valence-electron chi connectivity index (χ3n) is 6.67. The largest absolute Gasteiger partial charge is 0.508 e. The number of carboxylic acid groups (broad SMARTS) is 1. The van der Waals surface area contributed by atoms with Gasteiger partial charge in [0, 0.05) is 12.8 Å². The molecule has 0 aliphatic carbocycles. The predicted octanol–water partition coefficient (Wildman–Crippen LogP) is 1.84. The van der Waals surface area contributed by atoms with Crippen LogP contribution in [0.1, 0.15) is 37.8 Å². The quantitative estimate of drug-likeness (QED) is 0.177. The summed E-state index contributed by atoms with van der Waals surface area (Å²) in [6.45, 7) is 3.56. The number of carbonyl (C=O) groups excluding carboxylic acids is 3. The van der Waals surface area contributed by atoms with Crippen molar-refractivity contribution in [2.75, 3.05) is 12.0 Å². The van der Waals surface area contributed by atoms with Gasteiger partial charge < -0.3 is 31.9 Å². The lowest BCUT2D eigenvalue weighted by molar-refractivity contribution is -0.143. The minimum Gasteiger partial charge on any atom is -0.508 e. The highest BCUT2D eigenvalue weighted by atomic mass is 32.2. The van der Waals surface area contributed by atoms with Gasteiger partial charge in [-0.05, 0) is 47.6 Å². The molecule has 0 fully saturated rings. The number of aromatic hydroxyl groups is 1. The first kappa shape index (κ1) is 32.6. The third-order valence-corrected chi connectivity index (χ3v) is 7.32. The van der Waals surface area contributed by atoms with E-state index in [2.05, 4.69) is 16.0 Å². The number of carbonyl (C=O) groups is 4. The van der Waals surface area contributed by atoms with Crippen molar-refractivity contribution in [3.8, 4) is 5.75 Å². The molecule has 0 radical (unpaired) electrons. The summed E-state index contributed by atoms with van der Waals surface area (Å²) in [5, 5.41) is 27.3. The maximum atomic E-state index is 13.6. The summed E-state index contributed by atoms with van der Waals surface area (Å²) in [5.41, 5.74) is 7.46. The summed E-state index contributed by atoms with van der Waals surface area (Å²) < 4.78 is 0. The number of phenols is 1. The summed E-state index contributed by atoms with van der Waals surface area (Å²) in [6.07, 6.45) is 3.05. The topological polar surface area (TPSA) is 171 Å². The van der Waals surface area contributed by atoms with Crippen molar-refractivity contribution >= 4 is 35.5 Å². The molecular weight excluding hydrogens is 532 g/mol. The molecule has 0 aliphatic rings. The van der Waals surface area contributed by atoms with E-state index >= 15 is 0 Å². The molecule has 3 amide bonds. The van der Waals surface area contributed by atoms with Crippen LogP contribution < -0.4 is 21.7 Å². The van der Waals surface area contributed by atoms with Crippen molar-refractivity contribution in [3.63, 3.8) is 0 Å². The molecule has 0 bridgehead atoms. The van der Waals surface area contributed by atoms with Gasteiger partial charge in [0.1, 0.15) is 23.9 Å². The van der Waals surface area contributed by atoms with Crippen LogP contribution in [-0.4, -0.2) is 70.1 Å². The smallest absolute Gasteiger partial charge is 0.326 e. The molecule has 0 aromatic heterocycles. The lowest BCUT2D eigenvalue weighted by atomic mass is 9.97. The van der Waals surface area contributed by atoms with Crippen molar-refractivity contribution in [2.24, 2.45) is 11.7 Å². The molecule has 11 heteroatoms. The van der Waals surface area contributed by atoms with Crippen LogP contribution in [-0.2, 0) is 32.0 Å². The molecule has 40 heavy (non-hydrogen) atoms. The molecule has 0 heterocycles. The average Bonchev–Trinajstić information content (AvgIpc) is 2.94. The number of nitrogens with one attached hydrogen (secondary N) is 3. The second-order valence-electron chi connectivity index (χ2n) is 9.78. The van der Waals surface area contributed by atoms with Crippen molar-refractivity contribution in [1.29, 1.82) is 0 Å². The molecule has 218 valence electrons. The number of thioether (sulfide) groups is 1. The zero-order valence-corrected chi connectivity index (χ0v) is 23.9. The first-order valence-corrected chi connectivity index (χ1v) is 14.6. The van der Waals surface area contributed by atoms with Gasteiger partial charge in [0.05, 0.1) is 6.04 Å². The number of amides is 3. The molecule has 7 N–H and O–H groups in total. The highest BCUT2D eigenvalue weighted by Crippen LogP contribution is 2.13. The van der Waals surface area contributed by atoms with Crippen LogP contribution in [0.5, 0.6) is 5.75 Å². The zero-order chi connectivity index (χ0) is 29.7. The van der Waals surface area contributed by atoms with Crippen LogP contribution in [0.3, 0.4) is 0 Å². The number of carboxylic acids is 1. The molecule has 0 spiro atoms. The SMILES string of the molecule is CCC(C)C(NC(=O)C(Cc1ccccc1)NC(=O)C(Cc1ccc(O)cc1)NC(=O)C(N)CCSC)C(=O)O. The second kappa shape index (κ2) is 16.5. The molecule has 10 nitrogen and oxygen atoms in total. The van der Waals surface area contributed by atoms with Crippen LogP contribution in [0.4, 0.5) is 0 Å². The number of rotatable bonds is 16. The van der Waals surface area contributed by atoms with Crippen LogP contribution in [0.15, 0.2) is 54.6 Å². The minimum atomic E-state index is -1.16. The fourth-order valence-corrected chi connectivity index (χ4v) is 4.49. The first-order chi connectivity index (χ1) is 19.0. The van der Waals surface area contributed by atoms with E-state index in [1.165, 1.54) is 12.1 Å². The van der Waals surface area contributed by atoms with E-state index in [4.69, 9.17) is 5.73 Å². The standard InChI is InChI=1S/C29H40N4O6S/c1-4-18(2)25(29(38)39)33-28(37)24(16-19-8-6-5-7-9-19)32-27(36)23(17-20-10-12-21(34)13-11-20)31-26(35)22(30)14-15-40-3/h5-13,18,22-25,34H,4,14-17,30H2,1-3H3,(H,31,35)(H,32,36)(H,33,37)(H,38,39). The molecule has 0 saturated heterocycles. The summed E-state index contributed by atoms with van der Waals surface area (Å²) in [6, 6.07) is 11.1. The lowest BCUT2D eigenvalue weighted by Gasteiger charge is -2.27. The summed E-state index contributed by atoms with van der Waals surface area (Å²) in [4.78, 5) is 51.6. The Morgan fingerprint density at radius 1 is 0.850 bits per heavy atom. The van der Waals surface area contributed by atoms with Gasteiger partial charge in [-0.2, -0.15) is 11.8 Å². The van der Waals surface area contributed by atoms with E-state index < -0.39 is 47.9 Å². The molecule has 0 aliphatic heterocycles. The molecule has 5 atom stereocenters. The van der Waals surface area contributed by atoms with E-state index in [9.17, 15) is 29.4 Å². The van der Waals surface area contributed by atoms with E-state index in [1.807, 2.05) is 19.2 Å². The maximum Gasteiger partial charge on any atom is 0.326 e. The zero-order valence-electron chi connectivity index (χ0n) is 23.1. The summed E-state index contributed by atoms with van der Waals surface area (Å²) in [5.74, 6) is -2.53. The minimum absolute atomic E-state index is 0.0572. The molecule has 0 saturated carbocycles. The number of benzene rings is 2. The predicted molar refractivity (Wildman–Crippen MR) is 156 cm³/mol. The van der Waals surface area contributed by atoms with Crippen molar-refractivity contribution < 1.29 is 29.4 Å². The Kier molecular flexibility index (Phi) is 13.5. The van der Waals surface area contributed by atoms with Crippen molar-refractivity contribution in [3.05, 3.63) is 65.7 Å².